The lowest BCUT2D eigenvalue weighted by atomic mass is 10.1. The monoisotopic (exact) mass is 309 g/mol. The van der Waals surface area contributed by atoms with Gasteiger partial charge in [0.2, 0.25) is 0 Å². The summed E-state index contributed by atoms with van der Waals surface area (Å²) in [5.41, 5.74) is 7.83. The third kappa shape index (κ3) is 3.44. The molecule has 5 heteroatoms. The SMILES string of the molecule is CSc1cccc(N2CCSC(C)(C)CC2)c1C(=N)N. The number of rotatable bonds is 3. The van der Waals surface area contributed by atoms with E-state index in [0.717, 1.165) is 41.4 Å². The zero-order valence-corrected chi connectivity index (χ0v) is 14.0. The molecular formula is C15H23N3S2. The van der Waals surface area contributed by atoms with Crippen molar-refractivity contribution in [2.75, 3.05) is 30.0 Å². The second-order valence-electron chi connectivity index (χ2n) is 5.61. The van der Waals surface area contributed by atoms with E-state index >= 15 is 0 Å². The molecule has 1 aromatic rings. The molecule has 0 amide bonds. The van der Waals surface area contributed by atoms with E-state index in [1.54, 1.807) is 11.8 Å². The van der Waals surface area contributed by atoms with E-state index in [4.69, 9.17) is 11.1 Å². The highest BCUT2D eigenvalue weighted by atomic mass is 32.2. The summed E-state index contributed by atoms with van der Waals surface area (Å²) < 4.78 is 0.336. The number of nitrogens with zero attached hydrogens (tertiary/aromatic N) is 1. The molecule has 0 saturated carbocycles. The van der Waals surface area contributed by atoms with Gasteiger partial charge in [-0.3, -0.25) is 5.41 Å². The molecule has 3 nitrogen and oxygen atoms in total. The Balaban J connectivity index is 2.35. The molecule has 0 unspecified atom stereocenters. The van der Waals surface area contributed by atoms with Crippen LogP contribution in [-0.2, 0) is 0 Å². The molecule has 1 heterocycles. The molecule has 1 aliphatic heterocycles. The molecule has 110 valence electrons. The van der Waals surface area contributed by atoms with Crippen LogP contribution in [0, 0.1) is 5.41 Å². The molecule has 2 rings (SSSR count). The molecule has 1 aromatic carbocycles. The number of anilines is 1. The minimum atomic E-state index is 0.168. The van der Waals surface area contributed by atoms with Crippen LogP contribution in [0.2, 0.25) is 0 Å². The summed E-state index contributed by atoms with van der Waals surface area (Å²) in [5.74, 6) is 1.29. The first-order chi connectivity index (χ1) is 9.44. The molecule has 0 spiro atoms. The van der Waals surface area contributed by atoms with Crippen LogP contribution in [0.5, 0.6) is 0 Å². The van der Waals surface area contributed by atoms with Crippen LogP contribution in [0.4, 0.5) is 5.69 Å². The summed E-state index contributed by atoms with van der Waals surface area (Å²) in [6.07, 6.45) is 3.19. The molecule has 3 N–H and O–H groups in total. The van der Waals surface area contributed by atoms with Crippen molar-refractivity contribution in [2.45, 2.75) is 29.9 Å². The van der Waals surface area contributed by atoms with Crippen LogP contribution in [0.1, 0.15) is 25.8 Å². The zero-order chi connectivity index (χ0) is 14.8. The van der Waals surface area contributed by atoms with Gasteiger partial charge in [-0.1, -0.05) is 19.9 Å². The number of amidine groups is 1. The average molecular weight is 310 g/mol. The number of hydrogen-bond donors (Lipinski definition) is 2. The summed E-state index contributed by atoms with van der Waals surface area (Å²) in [4.78, 5) is 3.48. The van der Waals surface area contributed by atoms with Gasteiger partial charge < -0.3 is 10.6 Å². The van der Waals surface area contributed by atoms with Crippen molar-refractivity contribution < 1.29 is 0 Å². The topological polar surface area (TPSA) is 53.1 Å². The third-order valence-corrected chi connectivity index (χ3v) is 5.82. The smallest absolute Gasteiger partial charge is 0.126 e. The molecule has 0 aliphatic carbocycles. The normalized spacial score (nSPS) is 18.6. The Morgan fingerprint density at radius 2 is 2.15 bits per heavy atom. The van der Waals surface area contributed by atoms with Crippen LogP contribution >= 0.6 is 23.5 Å². The second-order valence-corrected chi connectivity index (χ2v) is 8.26. The Kier molecular flexibility index (Phi) is 4.91. The van der Waals surface area contributed by atoms with Crippen molar-refractivity contribution in [1.29, 1.82) is 5.41 Å². The first-order valence-electron chi connectivity index (χ1n) is 6.85. The minimum Gasteiger partial charge on any atom is -0.384 e. The Labute approximate surface area is 130 Å². The molecule has 1 saturated heterocycles. The highest BCUT2D eigenvalue weighted by Gasteiger charge is 2.25. The largest absolute Gasteiger partial charge is 0.384 e. The van der Waals surface area contributed by atoms with E-state index in [-0.39, 0.29) is 5.84 Å². The fourth-order valence-corrected chi connectivity index (χ4v) is 4.22. The van der Waals surface area contributed by atoms with Gasteiger partial charge in [0.15, 0.2) is 0 Å². The molecule has 1 aliphatic rings. The maximum atomic E-state index is 7.90. The van der Waals surface area contributed by atoms with Gasteiger partial charge in [-0.05, 0) is 24.8 Å². The predicted molar refractivity (Wildman–Crippen MR) is 92.6 cm³/mol. The lowest BCUT2D eigenvalue weighted by Gasteiger charge is -2.27. The summed E-state index contributed by atoms with van der Waals surface area (Å²) >= 11 is 3.69. The molecule has 1 fully saturated rings. The van der Waals surface area contributed by atoms with Crippen molar-refractivity contribution in [3.8, 4) is 0 Å². The second kappa shape index (κ2) is 6.31. The Morgan fingerprint density at radius 1 is 1.40 bits per heavy atom. The van der Waals surface area contributed by atoms with E-state index in [1.165, 1.54) is 0 Å². The van der Waals surface area contributed by atoms with Crippen LogP contribution in [0.3, 0.4) is 0 Å². The molecule has 0 radical (unpaired) electrons. The van der Waals surface area contributed by atoms with Crippen LogP contribution in [-0.4, -0.2) is 35.7 Å². The van der Waals surface area contributed by atoms with Crippen molar-refractivity contribution in [3.05, 3.63) is 23.8 Å². The van der Waals surface area contributed by atoms with Crippen molar-refractivity contribution >= 4 is 35.0 Å². The predicted octanol–water partition coefficient (Wildman–Crippen LogP) is 3.41. The summed E-state index contributed by atoms with van der Waals surface area (Å²) in [5, 5.41) is 7.90. The van der Waals surface area contributed by atoms with Gasteiger partial charge in [0.25, 0.3) is 0 Å². The molecule has 0 atom stereocenters. The molecule has 20 heavy (non-hydrogen) atoms. The zero-order valence-electron chi connectivity index (χ0n) is 12.4. The van der Waals surface area contributed by atoms with Gasteiger partial charge >= 0.3 is 0 Å². The first-order valence-corrected chi connectivity index (χ1v) is 9.06. The van der Waals surface area contributed by atoms with E-state index in [2.05, 4.69) is 30.9 Å². The average Bonchev–Trinajstić information content (AvgIpc) is 2.58. The first kappa shape index (κ1) is 15.6. The van der Waals surface area contributed by atoms with E-state index < -0.39 is 0 Å². The Hall–Kier alpha value is -0.810. The van der Waals surface area contributed by atoms with Gasteiger partial charge in [0.05, 0.1) is 5.56 Å². The van der Waals surface area contributed by atoms with E-state index in [9.17, 15) is 0 Å². The van der Waals surface area contributed by atoms with Crippen LogP contribution < -0.4 is 10.6 Å². The van der Waals surface area contributed by atoms with Gasteiger partial charge in [0.1, 0.15) is 5.84 Å². The van der Waals surface area contributed by atoms with Gasteiger partial charge in [-0.15, -0.1) is 11.8 Å². The van der Waals surface area contributed by atoms with Gasteiger partial charge in [-0.2, -0.15) is 11.8 Å². The van der Waals surface area contributed by atoms with Crippen molar-refractivity contribution in [2.24, 2.45) is 5.73 Å². The maximum absolute atomic E-state index is 7.90. The highest BCUT2D eigenvalue weighted by molar-refractivity contribution is 8.00. The Bertz CT molecular complexity index is 500. The fraction of sp³-hybridized carbons (Fsp3) is 0.533. The third-order valence-electron chi connectivity index (χ3n) is 3.67. The lowest BCUT2D eigenvalue weighted by molar-refractivity contribution is 0.637. The number of nitrogens with two attached hydrogens (primary N) is 1. The number of hydrogen-bond acceptors (Lipinski definition) is 4. The van der Waals surface area contributed by atoms with Crippen LogP contribution in [0.15, 0.2) is 23.1 Å². The maximum Gasteiger partial charge on any atom is 0.126 e. The summed E-state index contributed by atoms with van der Waals surface area (Å²) in [6, 6.07) is 6.21. The lowest BCUT2D eigenvalue weighted by Crippen LogP contribution is -2.29. The highest BCUT2D eigenvalue weighted by Crippen LogP contribution is 2.35. The molecule has 0 bridgehead atoms. The van der Waals surface area contributed by atoms with E-state index in [1.807, 2.05) is 24.1 Å². The Morgan fingerprint density at radius 3 is 2.80 bits per heavy atom. The number of nitrogen functional groups attached to an aromatic ring is 1. The van der Waals surface area contributed by atoms with Crippen molar-refractivity contribution in [1.82, 2.24) is 0 Å². The standard InChI is InChI=1S/C15H23N3S2/c1-15(2)7-8-18(9-10-20-15)11-5-4-6-12(19-3)13(11)14(16)17/h4-6H,7-10H2,1-3H3,(H3,16,17). The quantitative estimate of drug-likeness (QED) is 0.510. The fourth-order valence-electron chi connectivity index (χ4n) is 2.49. The van der Waals surface area contributed by atoms with Crippen molar-refractivity contribution in [3.63, 3.8) is 0 Å². The summed E-state index contributed by atoms with van der Waals surface area (Å²) in [7, 11) is 0. The summed E-state index contributed by atoms with van der Waals surface area (Å²) in [6.45, 7) is 6.67. The minimum absolute atomic E-state index is 0.168. The van der Waals surface area contributed by atoms with E-state index in [0.29, 0.717) is 4.75 Å². The van der Waals surface area contributed by atoms with Crippen LogP contribution in [0.25, 0.3) is 0 Å². The molecular weight excluding hydrogens is 286 g/mol. The van der Waals surface area contributed by atoms with Gasteiger partial charge in [0, 0.05) is 34.2 Å². The number of nitrogens with one attached hydrogen (secondary N) is 1. The molecule has 0 aromatic heterocycles. The number of benzene rings is 1. The number of thioether (sulfide) groups is 2. The van der Waals surface area contributed by atoms with Gasteiger partial charge in [-0.25, -0.2) is 0 Å².